The number of hydrogen-bond donors (Lipinski definition) is 1. The van der Waals surface area contributed by atoms with Crippen LogP contribution < -0.4 is 9.80 Å². The van der Waals surface area contributed by atoms with Crippen molar-refractivity contribution in [3.63, 3.8) is 0 Å². The summed E-state index contributed by atoms with van der Waals surface area (Å²) >= 11 is 6.44. The number of anilines is 2. The monoisotopic (exact) mass is 512 g/mol. The molecular weight excluding hydrogens is 483 g/mol. The Balaban J connectivity index is 1.30. The molecule has 2 atom stereocenters. The second kappa shape index (κ2) is 10.4. The molecule has 190 valence electrons. The first-order chi connectivity index (χ1) is 17.4. The Bertz CT molecular complexity index is 1170. The summed E-state index contributed by atoms with van der Waals surface area (Å²) in [7, 11) is 0. The third-order valence-corrected chi connectivity index (χ3v) is 7.32. The van der Waals surface area contributed by atoms with Gasteiger partial charge in [-0.3, -0.25) is 9.69 Å². The number of carbonyl (C=O) groups is 1. The van der Waals surface area contributed by atoms with Crippen LogP contribution in [0.25, 0.3) is 0 Å². The van der Waals surface area contributed by atoms with E-state index >= 15 is 0 Å². The van der Waals surface area contributed by atoms with E-state index in [1.54, 1.807) is 24.4 Å². The van der Waals surface area contributed by atoms with Crippen LogP contribution in [0, 0.1) is 5.82 Å². The first-order valence-electron chi connectivity index (χ1n) is 12.3. The maximum atomic E-state index is 13.5. The summed E-state index contributed by atoms with van der Waals surface area (Å²) in [6.45, 7) is 6.19. The van der Waals surface area contributed by atoms with E-state index < -0.39 is 5.97 Å². The number of amidine groups is 1. The summed E-state index contributed by atoms with van der Waals surface area (Å²) in [4.78, 5) is 29.5. The van der Waals surface area contributed by atoms with Gasteiger partial charge in [-0.25, -0.2) is 14.4 Å². The van der Waals surface area contributed by atoms with Crippen molar-refractivity contribution in [1.29, 1.82) is 0 Å². The summed E-state index contributed by atoms with van der Waals surface area (Å²) in [5.74, 6) is 0.458. The fraction of sp³-hybridized carbons (Fsp3) is 0.423. The normalized spacial score (nSPS) is 22.8. The van der Waals surface area contributed by atoms with Gasteiger partial charge in [0.25, 0.3) is 0 Å². The van der Waals surface area contributed by atoms with Gasteiger partial charge in [0, 0.05) is 56.8 Å². The van der Waals surface area contributed by atoms with Crippen LogP contribution in [-0.4, -0.2) is 76.8 Å². The lowest BCUT2D eigenvalue weighted by atomic mass is 10.2. The molecule has 8 nitrogen and oxygen atoms in total. The fourth-order valence-electron chi connectivity index (χ4n) is 5.12. The summed E-state index contributed by atoms with van der Waals surface area (Å²) in [5.41, 5.74) is 1.50. The summed E-state index contributed by atoms with van der Waals surface area (Å²) in [6, 6.07) is 8.67. The van der Waals surface area contributed by atoms with E-state index in [2.05, 4.69) is 37.7 Å². The zero-order valence-electron chi connectivity index (χ0n) is 20.2. The molecule has 4 heterocycles. The van der Waals surface area contributed by atoms with Crippen molar-refractivity contribution in [3.05, 3.63) is 65.2 Å². The Morgan fingerprint density at radius 3 is 2.50 bits per heavy atom. The molecule has 0 saturated carbocycles. The quantitative estimate of drug-likeness (QED) is 0.652. The molecule has 3 aliphatic rings. The molecule has 3 aliphatic heterocycles. The number of carboxylic acids is 1. The second-order valence-corrected chi connectivity index (χ2v) is 9.86. The van der Waals surface area contributed by atoms with Crippen LogP contribution in [0.4, 0.5) is 15.9 Å². The average molecular weight is 513 g/mol. The predicted octanol–water partition coefficient (Wildman–Crippen LogP) is 3.82. The fourth-order valence-corrected chi connectivity index (χ4v) is 5.43. The molecule has 0 spiro atoms. The van der Waals surface area contributed by atoms with Gasteiger partial charge in [-0.15, -0.1) is 0 Å². The number of rotatable bonds is 5. The maximum absolute atomic E-state index is 13.5. The molecule has 2 fully saturated rings. The van der Waals surface area contributed by atoms with Crippen molar-refractivity contribution in [2.45, 2.75) is 38.5 Å². The number of benzene rings is 1. The maximum Gasteiger partial charge on any atom is 0.307 e. The lowest BCUT2D eigenvalue weighted by molar-refractivity contribution is -0.136. The topological polar surface area (TPSA) is 75.5 Å². The van der Waals surface area contributed by atoms with Crippen LogP contribution in [0.15, 0.2) is 53.8 Å². The average Bonchev–Trinajstić information content (AvgIpc) is 3.30. The number of aromatic nitrogens is 1. The van der Waals surface area contributed by atoms with Gasteiger partial charge < -0.3 is 19.8 Å². The standard InChI is InChI=1S/C26H30ClFN6O2/c1-18-3-2-9-33(18)26-30-23(8-10-34(26)21-6-4-20(28)5-7-21)31-11-13-32(14-12-31)25-22(27)15-19(17-29-25)16-24(35)36/h4-8,10,15,17-18,26H,2-3,9,11-14,16H2,1H3,(H,35,36). The van der Waals surface area contributed by atoms with Gasteiger partial charge in [0.2, 0.25) is 0 Å². The molecular formula is C26H30ClFN6O2. The van der Waals surface area contributed by atoms with E-state index in [4.69, 9.17) is 21.7 Å². The van der Waals surface area contributed by atoms with Crippen molar-refractivity contribution < 1.29 is 14.3 Å². The molecule has 2 saturated heterocycles. The van der Waals surface area contributed by atoms with E-state index in [1.807, 2.05) is 6.08 Å². The van der Waals surface area contributed by atoms with Gasteiger partial charge in [0.1, 0.15) is 17.5 Å². The number of halogens is 2. The Morgan fingerprint density at radius 2 is 1.86 bits per heavy atom. The number of aliphatic imine (C=N–C) groups is 1. The number of likely N-dealkylation sites (tertiary alicyclic amines) is 1. The van der Waals surface area contributed by atoms with Crippen molar-refractivity contribution in [2.75, 3.05) is 42.5 Å². The smallest absolute Gasteiger partial charge is 0.307 e. The first kappa shape index (κ1) is 24.5. The van der Waals surface area contributed by atoms with Crippen LogP contribution in [0.2, 0.25) is 5.02 Å². The van der Waals surface area contributed by atoms with Gasteiger partial charge in [0.15, 0.2) is 6.29 Å². The molecule has 2 unspecified atom stereocenters. The van der Waals surface area contributed by atoms with Crippen molar-refractivity contribution in [2.24, 2.45) is 4.99 Å². The minimum absolute atomic E-state index is 0.0985. The summed E-state index contributed by atoms with van der Waals surface area (Å²) < 4.78 is 13.5. The van der Waals surface area contributed by atoms with Gasteiger partial charge in [-0.1, -0.05) is 11.6 Å². The van der Waals surface area contributed by atoms with Crippen molar-refractivity contribution in [1.82, 2.24) is 14.8 Å². The van der Waals surface area contributed by atoms with E-state index in [0.29, 0.717) is 22.4 Å². The van der Waals surface area contributed by atoms with Crippen LogP contribution in [0.3, 0.4) is 0 Å². The Hall–Kier alpha value is -3.17. The number of carboxylic acid groups (broad SMARTS) is 1. The van der Waals surface area contributed by atoms with Crippen molar-refractivity contribution in [3.8, 4) is 0 Å². The van der Waals surface area contributed by atoms with E-state index in [-0.39, 0.29) is 18.5 Å². The minimum atomic E-state index is -0.907. The van der Waals surface area contributed by atoms with Gasteiger partial charge >= 0.3 is 5.97 Å². The molecule has 36 heavy (non-hydrogen) atoms. The Kier molecular flexibility index (Phi) is 7.11. The molecule has 10 heteroatoms. The molecule has 5 rings (SSSR count). The van der Waals surface area contributed by atoms with Crippen LogP contribution >= 0.6 is 11.6 Å². The zero-order chi connectivity index (χ0) is 25.2. The highest BCUT2D eigenvalue weighted by molar-refractivity contribution is 6.33. The second-order valence-electron chi connectivity index (χ2n) is 9.46. The van der Waals surface area contributed by atoms with Crippen LogP contribution in [0.5, 0.6) is 0 Å². The molecule has 0 amide bonds. The SMILES string of the molecule is CC1CCCN1C1N=C(N2CCN(c3ncc(CC(=O)O)cc3Cl)CC2)C=CN1c1ccc(F)cc1. The number of aliphatic carboxylic acids is 1. The lowest BCUT2D eigenvalue weighted by Gasteiger charge is -2.42. The molecule has 1 N–H and O–H groups in total. The summed E-state index contributed by atoms with van der Waals surface area (Å²) in [6.07, 6.45) is 7.67. The zero-order valence-corrected chi connectivity index (χ0v) is 21.0. The predicted molar refractivity (Wildman–Crippen MR) is 139 cm³/mol. The third-order valence-electron chi connectivity index (χ3n) is 7.04. The minimum Gasteiger partial charge on any atom is -0.481 e. The number of pyridine rings is 1. The molecule has 1 aromatic heterocycles. The number of nitrogens with zero attached hydrogens (tertiary/aromatic N) is 6. The number of piperazine rings is 1. The highest BCUT2D eigenvalue weighted by atomic mass is 35.5. The van der Waals surface area contributed by atoms with E-state index in [1.165, 1.54) is 12.1 Å². The van der Waals surface area contributed by atoms with Crippen LogP contribution in [0.1, 0.15) is 25.3 Å². The highest BCUT2D eigenvalue weighted by Gasteiger charge is 2.34. The molecule has 2 aromatic rings. The number of hydrogen-bond acceptors (Lipinski definition) is 7. The molecule has 0 radical (unpaired) electrons. The van der Waals surface area contributed by atoms with Gasteiger partial charge in [-0.2, -0.15) is 0 Å². The van der Waals surface area contributed by atoms with Gasteiger partial charge in [-0.05, 0) is 61.7 Å². The van der Waals surface area contributed by atoms with E-state index in [0.717, 1.165) is 57.1 Å². The molecule has 1 aromatic carbocycles. The first-order valence-corrected chi connectivity index (χ1v) is 12.7. The van der Waals surface area contributed by atoms with Crippen molar-refractivity contribution >= 4 is 34.9 Å². The third kappa shape index (κ3) is 5.17. The molecule has 0 aliphatic carbocycles. The Morgan fingerprint density at radius 1 is 1.14 bits per heavy atom. The van der Waals surface area contributed by atoms with Gasteiger partial charge in [0.05, 0.1) is 11.4 Å². The lowest BCUT2D eigenvalue weighted by Crippen LogP contribution is -2.53. The largest absolute Gasteiger partial charge is 0.481 e. The Labute approximate surface area is 215 Å². The van der Waals surface area contributed by atoms with Crippen LogP contribution in [-0.2, 0) is 11.2 Å². The summed E-state index contributed by atoms with van der Waals surface area (Å²) in [5, 5.41) is 9.47. The van der Waals surface area contributed by atoms with E-state index in [9.17, 15) is 9.18 Å². The molecule has 0 bridgehead atoms. The highest BCUT2D eigenvalue weighted by Crippen LogP contribution is 2.30.